The molecule has 2 atom stereocenters. The number of pyridine rings is 1. The summed E-state index contributed by atoms with van der Waals surface area (Å²) in [5.41, 5.74) is 1.12. The lowest BCUT2D eigenvalue weighted by atomic mass is 10.0. The molecule has 2 aromatic rings. The molecule has 1 aromatic carbocycles. The second-order valence-corrected chi connectivity index (χ2v) is 7.16. The minimum atomic E-state index is -0.628. The monoisotopic (exact) mass is 480 g/mol. The molecule has 5 nitrogen and oxygen atoms in total. The molecule has 0 fully saturated rings. The molecule has 0 saturated carbocycles. The van der Waals surface area contributed by atoms with Gasteiger partial charge in [0.1, 0.15) is 17.9 Å². The molecule has 9 heteroatoms. The molecule has 0 spiro atoms. The average Bonchev–Trinajstić information content (AvgIpc) is 2.55. The number of fused-ring (bicyclic) bond motifs is 1. The van der Waals surface area contributed by atoms with Gasteiger partial charge in [-0.3, -0.25) is 4.90 Å². The van der Waals surface area contributed by atoms with Crippen molar-refractivity contribution in [1.29, 1.82) is 0 Å². The van der Waals surface area contributed by atoms with Gasteiger partial charge < -0.3 is 9.26 Å². The van der Waals surface area contributed by atoms with E-state index in [1.54, 1.807) is 6.07 Å². The Balaban J connectivity index is 1.89. The van der Waals surface area contributed by atoms with Crippen LogP contribution in [0.2, 0.25) is 5.15 Å². The van der Waals surface area contributed by atoms with Gasteiger partial charge in [0, 0.05) is 23.4 Å². The van der Waals surface area contributed by atoms with Gasteiger partial charge in [-0.05, 0) is 47.2 Å². The van der Waals surface area contributed by atoms with Crippen molar-refractivity contribution in [1.82, 2.24) is 9.88 Å². The van der Waals surface area contributed by atoms with Gasteiger partial charge in [0.15, 0.2) is 11.0 Å². The zero-order valence-electron chi connectivity index (χ0n) is 12.4. The van der Waals surface area contributed by atoms with Gasteiger partial charge in [-0.2, -0.15) is 0 Å². The van der Waals surface area contributed by atoms with Crippen LogP contribution in [0.4, 0.5) is 9.18 Å². The van der Waals surface area contributed by atoms with Gasteiger partial charge in [-0.25, -0.2) is 14.2 Å². The summed E-state index contributed by atoms with van der Waals surface area (Å²) in [6, 6.07) is 6.58. The minimum absolute atomic E-state index is 0.0426. The highest BCUT2D eigenvalue weighted by Gasteiger charge is 2.32. The van der Waals surface area contributed by atoms with Gasteiger partial charge in [-0.1, -0.05) is 11.6 Å². The lowest BCUT2D eigenvalue weighted by Crippen LogP contribution is -2.39. The van der Waals surface area contributed by atoms with Crippen molar-refractivity contribution in [3.63, 3.8) is 0 Å². The van der Waals surface area contributed by atoms with E-state index in [2.05, 4.69) is 27.0 Å². The normalized spacial score (nSPS) is 17.1. The van der Waals surface area contributed by atoms with Crippen LogP contribution in [0.15, 0.2) is 30.5 Å². The van der Waals surface area contributed by atoms with Crippen LogP contribution < -0.4 is 9.26 Å². The Bertz CT molecular complexity index is 795. The highest BCUT2D eigenvalue weighted by Crippen LogP contribution is 2.39. The molecule has 1 amide bonds. The Labute approximate surface area is 157 Å². The molecule has 1 aliphatic heterocycles. The number of hydrogen-bond donors (Lipinski definition) is 0. The maximum absolute atomic E-state index is 14.1. The first-order valence-electron chi connectivity index (χ1n) is 6.95. The Kier molecular flexibility index (Phi) is 5.42. The highest BCUT2D eigenvalue weighted by molar-refractivity contribution is 14.2. The molecule has 2 unspecified atom stereocenters. The van der Waals surface area contributed by atoms with E-state index in [-0.39, 0.29) is 29.8 Å². The fourth-order valence-corrected chi connectivity index (χ4v) is 3.65. The molecule has 3 rings (SSSR count). The van der Waals surface area contributed by atoms with Crippen molar-refractivity contribution in [3.8, 4) is 11.5 Å². The van der Waals surface area contributed by atoms with Crippen LogP contribution in [0.5, 0.6) is 11.5 Å². The first-order chi connectivity index (χ1) is 11.5. The molecule has 2 heterocycles. The number of ether oxygens (including phenoxy) is 1. The fourth-order valence-electron chi connectivity index (χ4n) is 2.50. The summed E-state index contributed by atoms with van der Waals surface area (Å²) in [7, 11) is 0. The van der Waals surface area contributed by atoms with E-state index in [1.807, 2.05) is 19.1 Å². The number of carbonyl (C=O) groups excluding carboxylic acids is 1. The van der Waals surface area contributed by atoms with Crippen LogP contribution in [0.1, 0.15) is 24.1 Å². The maximum atomic E-state index is 14.1. The quantitative estimate of drug-likeness (QED) is 0.340. The summed E-state index contributed by atoms with van der Waals surface area (Å²) < 4.78 is 24.9. The third-order valence-corrected chi connectivity index (χ3v) is 5.00. The summed E-state index contributed by atoms with van der Waals surface area (Å²) in [5.74, 6) is 0.475. The lowest BCUT2D eigenvalue weighted by Gasteiger charge is -2.34. The second kappa shape index (κ2) is 7.37. The largest absolute Gasteiger partial charge is 0.467 e. The van der Waals surface area contributed by atoms with Crippen LogP contribution >= 0.6 is 40.1 Å². The topological polar surface area (TPSA) is 51.7 Å². The van der Waals surface area contributed by atoms with E-state index in [0.29, 0.717) is 11.5 Å². The third kappa shape index (κ3) is 3.43. The van der Waals surface area contributed by atoms with E-state index in [9.17, 15) is 9.18 Å². The SMILES string of the molecule is CC1c2ccc(OPI)cc2OC(=O)N1Cc1ccnc(Cl)c1F. The van der Waals surface area contributed by atoms with Crippen LogP contribution in [0.25, 0.3) is 0 Å². The Morgan fingerprint density at radius 2 is 2.29 bits per heavy atom. The van der Waals surface area contributed by atoms with Gasteiger partial charge in [-0.15, -0.1) is 0 Å². The number of benzene rings is 1. The van der Waals surface area contributed by atoms with Crippen LogP contribution in [0, 0.1) is 5.82 Å². The first-order valence-corrected chi connectivity index (χ1v) is 11.3. The predicted octanol–water partition coefficient (Wildman–Crippen LogP) is 5.27. The summed E-state index contributed by atoms with van der Waals surface area (Å²) in [6.45, 7) is 2.17. The van der Waals surface area contributed by atoms with Gasteiger partial charge >= 0.3 is 6.09 Å². The number of nitrogens with zero attached hydrogens (tertiary/aromatic N) is 2. The zero-order chi connectivity index (χ0) is 17.3. The van der Waals surface area contributed by atoms with Crippen molar-refractivity contribution in [2.24, 2.45) is 0 Å². The zero-order valence-corrected chi connectivity index (χ0v) is 16.3. The minimum Gasteiger partial charge on any atom is -0.467 e. The number of aromatic nitrogens is 1. The summed E-state index contributed by atoms with van der Waals surface area (Å²) in [5, 5.41) is -0.215. The van der Waals surface area contributed by atoms with Crippen LogP contribution in [-0.2, 0) is 6.54 Å². The molecular weight excluding hydrogens is 469 g/mol. The lowest BCUT2D eigenvalue weighted by molar-refractivity contribution is 0.116. The molecule has 24 heavy (non-hydrogen) atoms. The molecule has 126 valence electrons. The number of rotatable bonds is 4. The number of hydrogen-bond acceptors (Lipinski definition) is 4. The van der Waals surface area contributed by atoms with Crippen molar-refractivity contribution in [2.75, 3.05) is 0 Å². The van der Waals surface area contributed by atoms with Crippen molar-refractivity contribution in [3.05, 3.63) is 52.6 Å². The predicted molar refractivity (Wildman–Crippen MR) is 98.6 cm³/mol. The van der Waals surface area contributed by atoms with Gasteiger partial charge in [0.2, 0.25) is 0 Å². The molecular formula is C15H12ClFIN2O3P. The second-order valence-electron chi connectivity index (χ2n) is 5.13. The standard InChI is InChI=1S/C15H12ClFIN2O3P/c1-8-11-3-2-10(23-24-18)6-12(11)22-15(21)20(8)7-9-4-5-19-14(16)13(9)17/h2-6,8,24H,7H2,1H3. The molecule has 0 bridgehead atoms. The van der Waals surface area contributed by atoms with Crippen LogP contribution in [0.3, 0.4) is 0 Å². The van der Waals surface area contributed by atoms with Gasteiger partial charge in [0.25, 0.3) is 0 Å². The Morgan fingerprint density at radius 3 is 3.04 bits per heavy atom. The summed E-state index contributed by atoms with van der Waals surface area (Å²) in [6.07, 6.45) is 0.861. The third-order valence-electron chi connectivity index (χ3n) is 3.76. The molecule has 1 aromatic heterocycles. The van der Waals surface area contributed by atoms with E-state index < -0.39 is 11.9 Å². The number of carbonyl (C=O) groups is 1. The highest BCUT2D eigenvalue weighted by atomic mass is 127. The van der Waals surface area contributed by atoms with Gasteiger partial charge in [0.05, 0.1) is 12.6 Å². The first kappa shape index (κ1) is 17.6. The summed E-state index contributed by atoms with van der Waals surface area (Å²) in [4.78, 5) is 17.4. The molecule has 1 aliphatic rings. The van der Waals surface area contributed by atoms with Crippen LogP contribution in [-0.4, -0.2) is 16.0 Å². The van der Waals surface area contributed by atoms with E-state index in [1.165, 1.54) is 17.2 Å². The molecule has 0 saturated heterocycles. The van der Waals surface area contributed by atoms with Crippen molar-refractivity contribution >= 4 is 46.2 Å². The van der Waals surface area contributed by atoms with Crippen molar-refractivity contribution < 1.29 is 18.4 Å². The van der Waals surface area contributed by atoms with E-state index in [0.717, 1.165) is 5.56 Å². The number of amides is 1. The molecule has 0 aliphatic carbocycles. The van der Waals surface area contributed by atoms with Crippen molar-refractivity contribution in [2.45, 2.75) is 19.5 Å². The molecule has 0 radical (unpaired) electrons. The molecule has 0 N–H and O–H groups in total. The van der Waals surface area contributed by atoms with E-state index in [4.69, 9.17) is 20.9 Å². The van der Waals surface area contributed by atoms with E-state index >= 15 is 0 Å². The fraction of sp³-hybridized carbons (Fsp3) is 0.200. The Hall–Kier alpha value is -1.18. The maximum Gasteiger partial charge on any atom is 0.416 e. The average molecular weight is 481 g/mol. The number of halogens is 3. The smallest absolute Gasteiger partial charge is 0.416 e. The Morgan fingerprint density at radius 1 is 1.50 bits per heavy atom. The summed E-state index contributed by atoms with van der Waals surface area (Å²) >= 11 is 7.81.